The molecule has 1 atom stereocenters. The molecule has 0 fully saturated rings. The number of rotatable bonds is 2. The van der Waals surface area contributed by atoms with Gasteiger partial charge < -0.3 is 10.2 Å². The summed E-state index contributed by atoms with van der Waals surface area (Å²) in [5.41, 5.74) is 5.34. The number of hydrogen-bond acceptors (Lipinski definition) is 3. The molecule has 1 aliphatic rings. The van der Waals surface area contributed by atoms with E-state index >= 15 is 0 Å². The molecule has 1 aromatic carbocycles. The normalized spacial score (nSPS) is 18.1. The van der Waals surface area contributed by atoms with Crippen molar-refractivity contribution in [2.75, 3.05) is 16.8 Å². The number of nitrogens with one attached hydrogen (secondary N) is 1. The van der Waals surface area contributed by atoms with Crippen LogP contribution in [0, 0.1) is 13.8 Å². The quantitative estimate of drug-likeness (QED) is 0.882. The average molecular weight is 272 g/mol. The molecule has 1 unspecified atom stereocenters. The maximum Gasteiger partial charge on any atom is 0.0611 e. The van der Waals surface area contributed by atoms with Crippen molar-refractivity contribution in [3.05, 3.63) is 45.6 Å². The molecule has 0 amide bonds. The second kappa shape index (κ2) is 4.89. The third kappa shape index (κ3) is 2.35. The van der Waals surface area contributed by atoms with Crippen LogP contribution in [0.15, 0.2) is 29.6 Å². The van der Waals surface area contributed by atoms with Gasteiger partial charge >= 0.3 is 0 Å². The molecular weight excluding hydrogens is 252 g/mol. The molecule has 0 bridgehead atoms. The molecule has 3 rings (SSSR count). The van der Waals surface area contributed by atoms with E-state index in [-0.39, 0.29) is 0 Å². The zero-order chi connectivity index (χ0) is 13.4. The van der Waals surface area contributed by atoms with E-state index in [1.807, 2.05) is 11.3 Å². The van der Waals surface area contributed by atoms with Crippen LogP contribution in [0.25, 0.3) is 0 Å². The van der Waals surface area contributed by atoms with E-state index in [1.165, 1.54) is 27.4 Å². The van der Waals surface area contributed by atoms with Gasteiger partial charge in [-0.15, -0.1) is 11.3 Å². The third-order valence-corrected chi connectivity index (χ3v) is 4.81. The third-order valence-electron chi connectivity index (χ3n) is 3.95. The predicted octanol–water partition coefficient (Wildman–Crippen LogP) is 4.19. The van der Waals surface area contributed by atoms with Gasteiger partial charge in [0, 0.05) is 17.5 Å². The summed E-state index contributed by atoms with van der Waals surface area (Å²) in [4.78, 5) is 3.95. The number of fused-ring (bicyclic) bond motifs is 1. The van der Waals surface area contributed by atoms with E-state index in [2.05, 4.69) is 60.6 Å². The van der Waals surface area contributed by atoms with Gasteiger partial charge in [-0.2, -0.15) is 0 Å². The lowest BCUT2D eigenvalue weighted by atomic mass is 10.0. The topological polar surface area (TPSA) is 15.3 Å². The molecule has 100 valence electrons. The second-order valence-electron chi connectivity index (χ2n) is 5.39. The van der Waals surface area contributed by atoms with Gasteiger partial charge in [-0.3, -0.25) is 0 Å². The number of hydrogen-bond donors (Lipinski definition) is 1. The van der Waals surface area contributed by atoms with Gasteiger partial charge in [0.2, 0.25) is 0 Å². The lowest BCUT2D eigenvalue weighted by Gasteiger charge is -2.38. The van der Waals surface area contributed by atoms with E-state index in [0.717, 1.165) is 13.1 Å². The molecule has 2 nitrogen and oxygen atoms in total. The molecule has 1 aliphatic heterocycles. The van der Waals surface area contributed by atoms with Crippen LogP contribution in [-0.4, -0.2) is 12.6 Å². The van der Waals surface area contributed by atoms with Crippen LogP contribution >= 0.6 is 11.3 Å². The Bertz CT molecular complexity index is 575. The minimum absolute atomic E-state index is 0.525. The van der Waals surface area contributed by atoms with Crippen LogP contribution in [0.5, 0.6) is 0 Å². The molecule has 0 aliphatic carbocycles. The highest BCUT2D eigenvalue weighted by atomic mass is 32.1. The fourth-order valence-corrected chi connectivity index (χ4v) is 3.30. The van der Waals surface area contributed by atoms with Gasteiger partial charge in [0.1, 0.15) is 0 Å². The van der Waals surface area contributed by atoms with Crippen molar-refractivity contribution in [1.29, 1.82) is 0 Å². The lowest BCUT2D eigenvalue weighted by molar-refractivity contribution is 0.644. The van der Waals surface area contributed by atoms with Gasteiger partial charge in [0.15, 0.2) is 0 Å². The summed E-state index contributed by atoms with van der Waals surface area (Å²) in [6, 6.07) is 9.48. The monoisotopic (exact) mass is 272 g/mol. The molecule has 19 heavy (non-hydrogen) atoms. The van der Waals surface area contributed by atoms with Crippen LogP contribution in [0.3, 0.4) is 0 Å². The Hall–Kier alpha value is -1.48. The molecule has 3 heteroatoms. The Balaban J connectivity index is 1.98. The first-order valence-electron chi connectivity index (χ1n) is 6.79. The Labute approximate surface area is 119 Å². The first-order valence-corrected chi connectivity index (χ1v) is 7.67. The van der Waals surface area contributed by atoms with E-state index < -0.39 is 0 Å². The zero-order valence-corrected chi connectivity index (χ0v) is 12.6. The minimum atomic E-state index is 0.525. The average Bonchev–Trinajstić information content (AvgIpc) is 2.88. The first kappa shape index (κ1) is 12.5. The lowest BCUT2D eigenvalue weighted by Crippen LogP contribution is -2.41. The van der Waals surface area contributed by atoms with Crippen molar-refractivity contribution in [3.8, 4) is 0 Å². The highest BCUT2D eigenvalue weighted by Crippen LogP contribution is 2.35. The number of anilines is 2. The van der Waals surface area contributed by atoms with Gasteiger partial charge in [-0.05, 0) is 55.5 Å². The summed E-state index contributed by atoms with van der Waals surface area (Å²) in [7, 11) is 0. The number of aryl methyl sites for hydroxylation is 2. The molecule has 0 saturated carbocycles. The van der Waals surface area contributed by atoms with Crippen LogP contribution < -0.4 is 10.2 Å². The molecule has 1 N–H and O–H groups in total. The second-order valence-corrected chi connectivity index (χ2v) is 6.42. The van der Waals surface area contributed by atoms with E-state index in [9.17, 15) is 0 Å². The van der Waals surface area contributed by atoms with Crippen molar-refractivity contribution in [3.63, 3.8) is 0 Å². The van der Waals surface area contributed by atoms with Crippen molar-refractivity contribution in [2.24, 2.45) is 0 Å². The highest BCUT2D eigenvalue weighted by molar-refractivity contribution is 7.09. The fraction of sp³-hybridized carbons (Fsp3) is 0.375. The summed E-state index contributed by atoms with van der Waals surface area (Å²) in [6.45, 7) is 8.69. The smallest absolute Gasteiger partial charge is 0.0611 e. The summed E-state index contributed by atoms with van der Waals surface area (Å²) >= 11 is 1.84. The van der Waals surface area contributed by atoms with Gasteiger partial charge in [0.25, 0.3) is 0 Å². The molecule has 0 spiro atoms. The molecule has 2 aromatic rings. The van der Waals surface area contributed by atoms with Crippen LogP contribution in [0.1, 0.15) is 22.9 Å². The Morgan fingerprint density at radius 3 is 2.84 bits per heavy atom. The van der Waals surface area contributed by atoms with Crippen molar-refractivity contribution >= 4 is 22.7 Å². The van der Waals surface area contributed by atoms with E-state index in [0.29, 0.717) is 6.04 Å². The molecule has 0 saturated heterocycles. The number of benzene rings is 1. The summed E-state index contributed by atoms with van der Waals surface area (Å²) in [5.74, 6) is 0. The summed E-state index contributed by atoms with van der Waals surface area (Å²) in [6.07, 6.45) is 0. The van der Waals surface area contributed by atoms with Gasteiger partial charge in [0.05, 0.1) is 17.9 Å². The molecule has 1 aromatic heterocycles. The molecule has 2 heterocycles. The Kier molecular flexibility index (Phi) is 3.23. The maximum atomic E-state index is 3.55. The van der Waals surface area contributed by atoms with Gasteiger partial charge in [-0.1, -0.05) is 6.07 Å². The maximum absolute atomic E-state index is 3.55. The summed E-state index contributed by atoms with van der Waals surface area (Å²) in [5, 5.41) is 5.71. The molecular formula is C16H20N2S. The molecule has 0 radical (unpaired) electrons. The van der Waals surface area contributed by atoms with E-state index in [4.69, 9.17) is 0 Å². The number of thiophene rings is 1. The van der Waals surface area contributed by atoms with Crippen molar-refractivity contribution in [2.45, 2.75) is 33.4 Å². The minimum Gasteiger partial charge on any atom is -0.381 e. The van der Waals surface area contributed by atoms with E-state index in [1.54, 1.807) is 0 Å². The van der Waals surface area contributed by atoms with Crippen LogP contribution in [-0.2, 0) is 6.54 Å². The Morgan fingerprint density at radius 1 is 1.32 bits per heavy atom. The van der Waals surface area contributed by atoms with Crippen LogP contribution in [0.4, 0.5) is 11.4 Å². The Morgan fingerprint density at radius 2 is 2.11 bits per heavy atom. The predicted molar refractivity (Wildman–Crippen MR) is 84.4 cm³/mol. The van der Waals surface area contributed by atoms with Crippen molar-refractivity contribution in [1.82, 2.24) is 0 Å². The van der Waals surface area contributed by atoms with Crippen LogP contribution in [0.2, 0.25) is 0 Å². The largest absolute Gasteiger partial charge is 0.381 e. The standard InChI is InChI=1S/C16H20N2S/c1-11-7-15-16(8-12(11)2)18(13(3)9-17-15)10-14-5-4-6-19-14/h4-8,13,17H,9-10H2,1-3H3. The fourth-order valence-electron chi connectivity index (χ4n) is 2.60. The van der Waals surface area contributed by atoms with Crippen molar-refractivity contribution < 1.29 is 0 Å². The first-order chi connectivity index (χ1) is 9.15. The summed E-state index contributed by atoms with van der Waals surface area (Å²) < 4.78 is 0. The number of nitrogens with zero attached hydrogens (tertiary/aromatic N) is 1. The zero-order valence-electron chi connectivity index (χ0n) is 11.7. The SMILES string of the molecule is Cc1cc2c(cc1C)N(Cc1cccs1)C(C)CN2. The highest BCUT2D eigenvalue weighted by Gasteiger charge is 2.23. The van der Waals surface area contributed by atoms with Gasteiger partial charge in [-0.25, -0.2) is 0 Å².